The summed E-state index contributed by atoms with van der Waals surface area (Å²) in [6.45, 7) is 3.88. The van der Waals surface area contributed by atoms with Crippen LogP contribution in [0.3, 0.4) is 0 Å². The van der Waals surface area contributed by atoms with Gasteiger partial charge in [-0.15, -0.1) is 0 Å². The van der Waals surface area contributed by atoms with E-state index >= 15 is 0 Å². The maximum absolute atomic E-state index is 11.8. The Morgan fingerprint density at radius 3 is 2.63 bits per heavy atom. The van der Waals surface area contributed by atoms with Gasteiger partial charge in [0.25, 0.3) is 5.91 Å². The number of carbonyl (C=O) groups is 1. The molecule has 100 valence electrons. The summed E-state index contributed by atoms with van der Waals surface area (Å²) in [6.07, 6.45) is 2.26. The lowest BCUT2D eigenvalue weighted by Crippen LogP contribution is -2.33. The molecule has 19 heavy (non-hydrogen) atoms. The summed E-state index contributed by atoms with van der Waals surface area (Å²) in [5.41, 5.74) is 0.906. The van der Waals surface area contributed by atoms with Crippen LogP contribution in [0.25, 0.3) is 0 Å². The van der Waals surface area contributed by atoms with Crippen molar-refractivity contribution in [2.45, 2.75) is 26.3 Å². The summed E-state index contributed by atoms with van der Waals surface area (Å²) in [4.78, 5) is 11.8. The number of nitrogens with zero attached hydrogens (tertiary/aromatic N) is 1. The third kappa shape index (κ3) is 5.30. The average Bonchev–Trinajstić information content (AvgIpc) is 2.41. The quantitative estimate of drug-likeness (QED) is 0.477. The van der Waals surface area contributed by atoms with Crippen LogP contribution in [-0.4, -0.2) is 11.9 Å². The fourth-order valence-corrected chi connectivity index (χ4v) is 1.61. The molecule has 0 saturated carbocycles. The Labute approximate surface area is 127 Å². The van der Waals surface area contributed by atoms with E-state index in [-0.39, 0.29) is 17.5 Å². The Kier molecular flexibility index (Phi) is 6.36. The first-order valence-corrected chi connectivity index (χ1v) is 7.08. The van der Waals surface area contributed by atoms with Crippen LogP contribution in [0.5, 0.6) is 0 Å². The van der Waals surface area contributed by atoms with E-state index in [2.05, 4.69) is 33.2 Å². The SMILES string of the molecule is CCC(C)NC(=O)/C(C#N)=C\Nc1ccc(I)cc1. The number of nitrogens with one attached hydrogen (secondary N) is 2. The van der Waals surface area contributed by atoms with Gasteiger partial charge < -0.3 is 10.6 Å². The van der Waals surface area contributed by atoms with Crippen LogP contribution in [-0.2, 0) is 4.79 Å². The van der Waals surface area contributed by atoms with Crippen LogP contribution in [0.1, 0.15) is 20.3 Å². The molecule has 0 spiro atoms. The zero-order valence-corrected chi connectivity index (χ0v) is 13.1. The fourth-order valence-electron chi connectivity index (χ4n) is 1.25. The molecule has 0 bridgehead atoms. The molecule has 1 unspecified atom stereocenters. The summed E-state index contributed by atoms with van der Waals surface area (Å²) in [7, 11) is 0. The minimum atomic E-state index is -0.352. The van der Waals surface area contributed by atoms with Gasteiger partial charge in [-0.25, -0.2) is 0 Å². The number of anilines is 1. The smallest absolute Gasteiger partial charge is 0.263 e. The predicted octanol–water partition coefficient (Wildman–Crippen LogP) is 3.03. The van der Waals surface area contributed by atoms with Crippen molar-refractivity contribution in [3.05, 3.63) is 39.6 Å². The van der Waals surface area contributed by atoms with E-state index in [4.69, 9.17) is 5.26 Å². The van der Waals surface area contributed by atoms with Crippen molar-refractivity contribution in [1.82, 2.24) is 5.32 Å². The van der Waals surface area contributed by atoms with Crippen molar-refractivity contribution in [2.24, 2.45) is 0 Å². The number of nitriles is 1. The molecule has 0 aliphatic rings. The molecule has 0 saturated heterocycles. The molecular weight excluding hydrogens is 353 g/mol. The van der Waals surface area contributed by atoms with Crippen molar-refractivity contribution < 1.29 is 4.79 Å². The zero-order valence-electron chi connectivity index (χ0n) is 10.9. The van der Waals surface area contributed by atoms with Crippen molar-refractivity contribution in [2.75, 3.05) is 5.32 Å². The lowest BCUT2D eigenvalue weighted by atomic mass is 10.2. The highest BCUT2D eigenvalue weighted by Gasteiger charge is 2.10. The van der Waals surface area contributed by atoms with Crippen molar-refractivity contribution >= 4 is 34.2 Å². The first kappa shape index (κ1) is 15.5. The van der Waals surface area contributed by atoms with E-state index in [1.54, 1.807) is 0 Å². The highest BCUT2D eigenvalue weighted by atomic mass is 127. The first-order chi connectivity index (χ1) is 9.06. The summed E-state index contributed by atoms with van der Waals surface area (Å²) >= 11 is 2.21. The summed E-state index contributed by atoms with van der Waals surface area (Å²) < 4.78 is 1.13. The molecule has 1 amide bonds. The molecule has 4 nitrogen and oxygen atoms in total. The molecule has 1 atom stereocenters. The number of benzene rings is 1. The Morgan fingerprint density at radius 2 is 2.11 bits per heavy atom. The molecule has 2 N–H and O–H groups in total. The average molecular weight is 369 g/mol. The topological polar surface area (TPSA) is 64.9 Å². The number of amides is 1. The highest BCUT2D eigenvalue weighted by Crippen LogP contribution is 2.11. The van der Waals surface area contributed by atoms with Gasteiger partial charge in [0.15, 0.2) is 0 Å². The molecular formula is C14H16IN3O. The second-order valence-electron chi connectivity index (χ2n) is 4.10. The van der Waals surface area contributed by atoms with Crippen LogP contribution in [0, 0.1) is 14.9 Å². The summed E-state index contributed by atoms with van der Waals surface area (Å²) in [5, 5.41) is 14.7. The van der Waals surface area contributed by atoms with Crippen LogP contribution >= 0.6 is 22.6 Å². The Morgan fingerprint density at radius 1 is 1.47 bits per heavy atom. The Balaban J connectivity index is 2.69. The molecule has 1 aromatic rings. The molecule has 0 aliphatic heterocycles. The second kappa shape index (κ2) is 7.79. The van der Waals surface area contributed by atoms with E-state index in [1.807, 2.05) is 44.2 Å². The molecule has 1 rings (SSSR count). The highest BCUT2D eigenvalue weighted by molar-refractivity contribution is 14.1. The van der Waals surface area contributed by atoms with Crippen molar-refractivity contribution in [3.8, 4) is 6.07 Å². The van der Waals surface area contributed by atoms with Gasteiger partial charge in [-0.1, -0.05) is 6.92 Å². The van der Waals surface area contributed by atoms with Gasteiger partial charge >= 0.3 is 0 Å². The van der Waals surface area contributed by atoms with Gasteiger partial charge in [0.05, 0.1) is 0 Å². The van der Waals surface area contributed by atoms with E-state index in [1.165, 1.54) is 6.20 Å². The van der Waals surface area contributed by atoms with E-state index in [9.17, 15) is 4.79 Å². The lowest BCUT2D eigenvalue weighted by molar-refractivity contribution is -0.117. The van der Waals surface area contributed by atoms with Crippen molar-refractivity contribution in [1.29, 1.82) is 5.26 Å². The molecule has 0 radical (unpaired) electrons. The van der Waals surface area contributed by atoms with Gasteiger partial charge in [0.2, 0.25) is 0 Å². The Hall–Kier alpha value is -1.55. The standard InChI is InChI=1S/C14H16IN3O/c1-3-10(2)18-14(19)11(8-16)9-17-13-6-4-12(15)5-7-13/h4-7,9-10,17H,3H2,1-2H3,(H,18,19)/b11-9-. The molecule has 0 fully saturated rings. The summed E-state index contributed by atoms with van der Waals surface area (Å²) in [5.74, 6) is -0.352. The number of hydrogen-bond acceptors (Lipinski definition) is 3. The number of rotatable bonds is 5. The number of carbonyl (C=O) groups excluding carboxylic acids is 1. The minimum Gasteiger partial charge on any atom is -0.360 e. The maximum Gasteiger partial charge on any atom is 0.263 e. The molecule has 0 aromatic heterocycles. The van der Waals surface area contributed by atoms with E-state index in [0.29, 0.717) is 0 Å². The maximum atomic E-state index is 11.8. The normalized spacial score (nSPS) is 12.4. The molecule has 5 heteroatoms. The molecule has 0 heterocycles. The van der Waals surface area contributed by atoms with Crippen LogP contribution in [0.2, 0.25) is 0 Å². The van der Waals surface area contributed by atoms with Gasteiger partial charge in [-0.3, -0.25) is 4.79 Å². The Bertz CT molecular complexity index is 502. The van der Waals surface area contributed by atoms with Gasteiger partial charge in [0.1, 0.15) is 11.6 Å². The van der Waals surface area contributed by atoms with E-state index < -0.39 is 0 Å². The predicted molar refractivity (Wildman–Crippen MR) is 84.4 cm³/mol. The fraction of sp³-hybridized carbons (Fsp3) is 0.286. The first-order valence-electron chi connectivity index (χ1n) is 6.00. The largest absolute Gasteiger partial charge is 0.360 e. The summed E-state index contributed by atoms with van der Waals surface area (Å²) in [6, 6.07) is 9.63. The lowest BCUT2D eigenvalue weighted by Gasteiger charge is -2.10. The second-order valence-corrected chi connectivity index (χ2v) is 5.35. The molecule has 1 aromatic carbocycles. The van der Waals surface area contributed by atoms with Crippen molar-refractivity contribution in [3.63, 3.8) is 0 Å². The van der Waals surface area contributed by atoms with Gasteiger partial charge in [-0.2, -0.15) is 5.26 Å². The van der Waals surface area contributed by atoms with Crippen LogP contribution in [0.4, 0.5) is 5.69 Å². The third-order valence-corrected chi connectivity index (χ3v) is 3.30. The van der Waals surface area contributed by atoms with Gasteiger partial charge in [0, 0.05) is 21.5 Å². The molecule has 0 aliphatic carbocycles. The van der Waals surface area contributed by atoms with E-state index in [0.717, 1.165) is 15.7 Å². The van der Waals surface area contributed by atoms with Gasteiger partial charge in [-0.05, 0) is 60.2 Å². The number of hydrogen-bond donors (Lipinski definition) is 2. The third-order valence-electron chi connectivity index (χ3n) is 2.58. The minimum absolute atomic E-state index is 0.0579. The van der Waals surface area contributed by atoms with Crippen LogP contribution < -0.4 is 10.6 Å². The zero-order chi connectivity index (χ0) is 14.3. The van der Waals surface area contributed by atoms with Crippen LogP contribution in [0.15, 0.2) is 36.0 Å². The monoisotopic (exact) mass is 369 g/mol. The number of halogens is 1.